The molecule has 11 heteroatoms. The van der Waals surface area contributed by atoms with Gasteiger partial charge >= 0.3 is 5.97 Å². The first-order chi connectivity index (χ1) is 19.6. The highest BCUT2D eigenvalue weighted by Gasteiger charge is 2.72. The number of nitrogens with zero attached hydrogens (tertiary/aromatic N) is 1. The van der Waals surface area contributed by atoms with E-state index in [1.165, 1.54) is 0 Å². The van der Waals surface area contributed by atoms with Gasteiger partial charge in [0, 0.05) is 22.6 Å². The zero-order valence-corrected chi connectivity index (χ0v) is 23.5. The van der Waals surface area contributed by atoms with Gasteiger partial charge in [0.2, 0.25) is 5.91 Å². The van der Waals surface area contributed by atoms with E-state index in [2.05, 4.69) is 15.5 Å². The van der Waals surface area contributed by atoms with Crippen LogP contribution in [0.5, 0.6) is 11.5 Å². The second kappa shape index (κ2) is 9.51. The Morgan fingerprint density at radius 3 is 2.39 bits per heavy atom. The van der Waals surface area contributed by atoms with Crippen LogP contribution in [0, 0.1) is 11.8 Å². The van der Waals surface area contributed by atoms with Crippen molar-refractivity contribution < 1.29 is 29.0 Å². The van der Waals surface area contributed by atoms with E-state index in [0.717, 1.165) is 12.0 Å². The van der Waals surface area contributed by atoms with Crippen LogP contribution >= 0.6 is 11.6 Å². The van der Waals surface area contributed by atoms with Crippen LogP contribution in [0.2, 0.25) is 5.02 Å². The minimum atomic E-state index is -1.12. The molecular formula is C30H31ClN4O6. The van der Waals surface area contributed by atoms with E-state index in [-0.39, 0.29) is 22.2 Å². The molecular weight excluding hydrogens is 548 g/mol. The number of ether oxygens (including phenoxy) is 2. The second-order valence-corrected chi connectivity index (χ2v) is 12.1. The van der Waals surface area contributed by atoms with E-state index < -0.39 is 40.1 Å². The molecule has 214 valence electrons. The number of H-pyrrole nitrogens is 1. The smallest absolute Gasteiger partial charge is 0.309 e. The summed E-state index contributed by atoms with van der Waals surface area (Å²) >= 11 is 6.56. The molecule has 3 aromatic rings. The minimum Gasteiger partial charge on any atom is -0.496 e. The molecule has 4 aliphatic carbocycles. The summed E-state index contributed by atoms with van der Waals surface area (Å²) in [6, 6.07) is 12.2. The molecule has 4 saturated carbocycles. The van der Waals surface area contributed by atoms with Crippen molar-refractivity contribution in [2.75, 3.05) is 14.2 Å². The van der Waals surface area contributed by atoms with Gasteiger partial charge < -0.3 is 25.6 Å². The fraction of sp³-hybridized carbons (Fsp3) is 0.400. The number of carboxylic acid groups (broad SMARTS) is 1. The Labute approximate surface area is 241 Å². The third-order valence-electron chi connectivity index (χ3n) is 9.51. The molecule has 4 bridgehead atoms. The van der Waals surface area contributed by atoms with Crippen molar-refractivity contribution in [2.45, 2.75) is 48.5 Å². The fourth-order valence-corrected chi connectivity index (χ4v) is 8.98. The van der Waals surface area contributed by atoms with Gasteiger partial charge in [-0.2, -0.15) is 5.10 Å². The van der Waals surface area contributed by atoms with Crippen LogP contribution in [0.3, 0.4) is 0 Å². The molecule has 2 amide bonds. The minimum absolute atomic E-state index is 0.0665. The largest absolute Gasteiger partial charge is 0.496 e. The molecule has 5 unspecified atom stereocenters. The standard InChI is InChI=1S/C30H31ClN4O6/c1-40-21-4-3-5-22(41-2)23(21)28-11-16-12-29(14-28,17-6-7-18(25(32)36)19(31)10-17)24(27(38)39)30(13-16,15-28)34-26(37)20-8-9-33-35-20/h3-10,16,24H,11-15H2,1-2H3,(H2,32,36)(H,33,35)(H,34,37)(H,38,39). The number of rotatable bonds is 8. The molecule has 1 heterocycles. The average Bonchev–Trinajstić information content (AvgIpc) is 3.46. The van der Waals surface area contributed by atoms with Crippen LogP contribution < -0.4 is 20.5 Å². The summed E-state index contributed by atoms with van der Waals surface area (Å²) in [4.78, 5) is 38.9. The number of carbonyl (C=O) groups excluding carboxylic acids is 2. The third-order valence-corrected chi connectivity index (χ3v) is 9.82. The van der Waals surface area contributed by atoms with Crippen molar-refractivity contribution in [2.24, 2.45) is 17.6 Å². The van der Waals surface area contributed by atoms with Crippen LogP contribution in [-0.2, 0) is 15.6 Å². The molecule has 5 N–H and O–H groups in total. The van der Waals surface area contributed by atoms with E-state index in [0.29, 0.717) is 42.7 Å². The predicted octanol–water partition coefficient (Wildman–Crippen LogP) is 3.83. The zero-order valence-electron chi connectivity index (χ0n) is 22.7. The monoisotopic (exact) mass is 578 g/mol. The summed E-state index contributed by atoms with van der Waals surface area (Å²) < 4.78 is 11.7. The molecule has 0 radical (unpaired) electrons. The molecule has 0 spiro atoms. The average molecular weight is 579 g/mol. The van der Waals surface area contributed by atoms with Gasteiger partial charge in [-0.05, 0) is 73.9 Å². The number of benzene rings is 2. The fourth-order valence-electron chi connectivity index (χ4n) is 8.71. The number of aromatic amines is 1. The Balaban J connectivity index is 1.61. The first kappa shape index (κ1) is 27.1. The second-order valence-electron chi connectivity index (χ2n) is 11.7. The van der Waals surface area contributed by atoms with E-state index in [1.807, 2.05) is 18.2 Å². The lowest BCUT2D eigenvalue weighted by Gasteiger charge is -2.69. The maximum Gasteiger partial charge on any atom is 0.309 e. The summed E-state index contributed by atoms with van der Waals surface area (Å²) in [5.74, 6) is -1.76. The molecule has 7 rings (SSSR count). The first-order valence-corrected chi connectivity index (χ1v) is 13.8. The number of aromatic nitrogens is 2. The number of nitrogens with two attached hydrogens (primary N) is 1. The van der Waals surface area contributed by atoms with Gasteiger partial charge in [-0.15, -0.1) is 0 Å². The van der Waals surface area contributed by atoms with Crippen molar-refractivity contribution in [3.63, 3.8) is 0 Å². The Hall–Kier alpha value is -4.05. The maximum absolute atomic E-state index is 13.6. The SMILES string of the molecule is COc1cccc(OC)c1C12CC3CC(NC(=O)c4cc[nH]n4)(C1)C(C(=O)O)C(c1ccc(C(N)=O)c(Cl)c1)(C3)C2. The number of hydrogen-bond acceptors (Lipinski definition) is 6. The lowest BCUT2D eigenvalue weighted by molar-refractivity contribution is -0.167. The van der Waals surface area contributed by atoms with Gasteiger partial charge in [-0.1, -0.05) is 23.7 Å². The Kier molecular flexibility index (Phi) is 6.29. The molecule has 4 fully saturated rings. The van der Waals surface area contributed by atoms with Gasteiger partial charge in [-0.25, -0.2) is 0 Å². The lowest BCUT2D eigenvalue weighted by atomic mass is 9.35. The molecule has 2 aromatic carbocycles. The van der Waals surface area contributed by atoms with Crippen molar-refractivity contribution in [3.8, 4) is 11.5 Å². The number of aliphatic carboxylic acids is 1. The first-order valence-electron chi connectivity index (χ1n) is 13.4. The quantitative estimate of drug-likeness (QED) is 0.316. The van der Waals surface area contributed by atoms with E-state index >= 15 is 0 Å². The molecule has 5 atom stereocenters. The van der Waals surface area contributed by atoms with Crippen LogP contribution in [0.25, 0.3) is 0 Å². The highest BCUT2D eigenvalue weighted by Crippen LogP contribution is 2.71. The van der Waals surface area contributed by atoms with Gasteiger partial charge in [0.05, 0.1) is 36.3 Å². The number of hydrogen-bond donors (Lipinski definition) is 4. The van der Waals surface area contributed by atoms with Crippen molar-refractivity contribution in [1.82, 2.24) is 15.5 Å². The number of halogens is 1. The highest BCUT2D eigenvalue weighted by molar-refractivity contribution is 6.33. The number of methoxy groups -OCH3 is 2. The normalized spacial score (nSPS) is 29.6. The number of amides is 2. The maximum atomic E-state index is 13.6. The van der Waals surface area contributed by atoms with Gasteiger partial charge in [0.1, 0.15) is 17.2 Å². The van der Waals surface area contributed by atoms with E-state index in [9.17, 15) is 19.5 Å². The molecule has 41 heavy (non-hydrogen) atoms. The Morgan fingerprint density at radius 2 is 1.80 bits per heavy atom. The van der Waals surface area contributed by atoms with Gasteiger partial charge in [0.25, 0.3) is 5.91 Å². The zero-order chi connectivity index (χ0) is 29.2. The molecule has 0 saturated heterocycles. The number of carboxylic acids is 1. The highest BCUT2D eigenvalue weighted by atomic mass is 35.5. The molecule has 10 nitrogen and oxygen atoms in total. The summed E-state index contributed by atoms with van der Waals surface area (Å²) in [6.45, 7) is 0. The summed E-state index contributed by atoms with van der Waals surface area (Å²) in [5, 5.41) is 21.0. The molecule has 1 aromatic heterocycles. The number of nitrogens with one attached hydrogen (secondary N) is 2. The van der Waals surface area contributed by atoms with Gasteiger partial charge in [-0.3, -0.25) is 19.5 Å². The van der Waals surface area contributed by atoms with E-state index in [1.54, 1.807) is 44.7 Å². The van der Waals surface area contributed by atoms with Crippen molar-refractivity contribution in [3.05, 3.63) is 76.1 Å². The van der Waals surface area contributed by atoms with E-state index in [4.69, 9.17) is 26.8 Å². The Morgan fingerprint density at radius 1 is 1.07 bits per heavy atom. The molecule has 4 aliphatic rings. The number of carbonyl (C=O) groups is 3. The van der Waals surface area contributed by atoms with Crippen LogP contribution in [0.1, 0.15) is 64.1 Å². The lowest BCUT2D eigenvalue weighted by Crippen LogP contribution is -2.75. The summed E-state index contributed by atoms with van der Waals surface area (Å²) in [5.41, 5.74) is 4.77. The topological polar surface area (TPSA) is 157 Å². The van der Waals surface area contributed by atoms with Crippen LogP contribution in [-0.4, -0.2) is 52.8 Å². The van der Waals surface area contributed by atoms with Gasteiger partial charge in [0.15, 0.2) is 0 Å². The predicted molar refractivity (Wildman–Crippen MR) is 149 cm³/mol. The summed E-state index contributed by atoms with van der Waals surface area (Å²) in [6.07, 6.45) is 4.22. The van der Waals surface area contributed by atoms with Crippen molar-refractivity contribution in [1.29, 1.82) is 0 Å². The molecule has 0 aliphatic heterocycles. The summed E-state index contributed by atoms with van der Waals surface area (Å²) in [7, 11) is 3.21. The van der Waals surface area contributed by atoms with Crippen molar-refractivity contribution >= 4 is 29.4 Å². The third kappa shape index (κ3) is 3.99. The Bertz CT molecular complexity index is 1540. The van der Waals surface area contributed by atoms with Crippen LogP contribution in [0.15, 0.2) is 48.7 Å². The number of primary amides is 1. The van der Waals surface area contributed by atoms with Crippen LogP contribution in [0.4, 0.5) is 0 Å².